The standard InChI is InChI=1S/C32H45N9O4/c1-21-9-8-10-25(37-21)30(43)39-23-17-24(18-23)41-20-36-27-28(34-19-35-29(27)41)38-22-12-15-40(16-13-22)26(42)11-6-5-7-14-33-31(44)45-32(2,3)4/h8-10,19-20,22-24H,5-7,11-18H2,1-4H3,(H,33,44)(H,39,43)(H,34,35,38). The Balaban J connectivity index is 1.02. The summed E-state index contributed by atoms with van der Waals surface area (Å²) < 4.78 is 7.31. The number of carbonyl (C=O) groups excluding carboxylic acids is 3. The first-order valence-electron chi connectivity index (χ1n) is 16.0. The minimum absolute atomic E-state index is 0.0794. The fourth-order valence-electron chi connectivity index (χ4n) is 5.79. The van der Waals surface area contributed by atoms with Crippen molar-refractivity contribution in [2.45, 2.75) is 103 Å². The molecule has 3 aromatic heterocycles. The molecule has 0 unspecified atom stereocenters. The van der Waals surface area contributed by atoms with Gasteiger partial charge in [-0.3, -0.25) is 9.59 Å². The van der Waals surface area contributed by atoms with Gasteiger partial charge >= 0.3 is 6.09 Å². The van der Waals surface area contributed by atoms with Gasteiger partial charge in [-0.25, -0.2) is 24.7 Å². The minimum Gasteiger partial charge on any atom is -0.444 e. The zero-order valence-corrected chi connectivity index (χ0v) is 26.7. The van der Waals surface area contributed by atoms with Crippen LogP contribution < -0.4 is 16.0 Å². The summed E-state index contributed by atoms with van der Waals surface area (Å²) in [6, 6.07) is 5.91. The Hall–Kier alpha value is -4.29. The molecule has 0 aromatic carbocycles. The molecular formula is C32H45N9O4. The molecule has 45 heavy (non-hydrogen) atoms. The van der Waals surface area contributed by atoms with E-state index in [0.717, 1.165) is 61.8 Å². The molecule has 1 saturated heterocycles. The van der Waals surface area contributed by atoms with E-state index in [2.05, 4.69) is 40.5 Å². The first kappa shape index (κ1) is 32.1. The molecule has 4 heterocycles. The average Bonchev–Trinajstić information content (AvgIpc) is 3.40. The number of aryl methyl sites for hydroxylation is 1. The number of alkyl carbamates (subject to hydrolysis) is 1. The highest BCUT2D eigenvalue weighted by molar-refractivity contribution is 5.92. The number of imidazole rings is 1. The van der Waals surface area contributed by atoms with Gasteiger partial charge in [-0.05, 0) is 78.4 Å². The lowest BCUT2D eigenvalue weighted by molar-refractivity contribution is -0.132. The molecule has 2 aliphatic rings. The summed E-state index contributed by atoms with van der Waals surface area (Å²) in [4.78, 5) is 56.9. The number of hydrogen-bond acceptors (Lipinski definition) is 9. The zero-order valence-electron chi connectivity index (χ0n) is 26.7. The van der Waals surface area contributed by atoms with E-state index in [1.165, 1.54) is 0 Å². The summed E-state index contributed by atoms with van der Waals surface area (Å²) >= 11 is 0. The van der Waals surface area contributed by atoms with Gasteiger partial charge in [0.05, 0.1) is 6.33 Å². The fourth-order valence-corrected chi connectivity index (χ4v) is 5.79. The Labute approximate surface area is 263 Å². The fraction of sp³-hybridized carbons (Fsp3) is 0.594. The van der Waals surface area contributed by atoms with Crippen LogP contribution >= 0.6 is 0 Å². The van der Waals surface area contributed by atoms with Gasteiger partial charge in [-0.1, -0.05) is 12.5 Å². The number of carbonyl (C=O) groups is 3. The molecule has 3 N–H and O–H groups in total. The number of piperidine rings is 1. The lowest BCUT2D eigenvalue weighted by Crippen LogP contribution is -2.45. The normalized spacial score (nSPS) is 18.7. The van der Waals surface area contributed by atoms with Gasteiger partial charge in [0.1, 0.15) is 23.1 Å². The molecule has 13 heteroatoms. The smallest absolute Gasteiger partial charge is 0.407 e. The van der Waals surface area contributed by atoms with Crippen LogP contribution in [0.4, 0.5) is 10.6 Å². The zero-order chi connectivity index (χ0) is 32.0. The SMILES string of the molecule is Cc1cccc(C(=O)NC2CC(n3cnc4c(NC5CCN(C(=O)CCCCCNC(=O)OC(C)(C)C)CC5)ncnc43)C2)n1. The summed E-state index contributed by atoms with van der Waals surface area (Å²) in [5, 5.41) is 9.38. The Morgan fingerprint density at radius 1 is 1.00 bits per heavy atom. The topological polar surface area (TPSA) is 156 Å². The van der Waals surface area contributed by atoms with Crippen LogP contribution in [-0.4, -0.2) is 84.6 Å². The Morgan fingerprint density at radius 3 is 2.51 bits per heavy atom. The van der Waals surface area contributed by atoms with E-state index in [4.69, 9.17) is 4.74 Å². The average molecular weight is 620 g/mol. The number of amides is 3. The summed E-state index contributed by atoms with van der Waals surface area (Å²) in [6.45, 7) is 9.33. The van der Waals surface area contributed by atoms with Crippen molar-refractivity contribution >= 4 is 34.9 Å². The van der Waals surface area contributed by atoms with Crippen LogP contribution in [0.3, 0.4) is 0 Å². The molecule has 242 valence electrons. The number of hydrogen-bond donors (Lipinski definition) is 3. The van der Waals surface area contributed by atoms with Crippen molar-refractivity contribution in [1.82, 2.24) is 40.0 Å². The third-order valence-corrected chi connectivity index (χ3v) is 8.25. The highest BCUT2D eigenvalue weighted by Crippen LogP contribution is 2.35. The Kier molecular flexibility index (Phi) is 10.1. The molecule has 0 spiro atoms. The number of pyridine rings is 1. The molecule has 3 aromatic rings. The maximum absolute atomic E-state index is 12.8. The molecule has 1 aliphatic carbocycles. The Bertz CT molecular complexity index is 1490. The van der Waals surface area contributed by atoms with Crippen molar-refractivity contribution in [2.24, 2.45) is 0 Å². The predicted molar refractivity (Wildman–Crippen MR) is 170 cm³/mol. The number of likely N-dealkylation sites (tertiary alicyclic amines) is 1. The van der Waals surface area contributed by atoms with Crippen LogP contribution in [0.5, 0.6) is 0 Å². The molecule has 0 bridgehead atoms. The van der Waals surface area contributed by atoms with E-state index >= 15 is 0 Å². The highest BCUT2D eigenvalue weighted by atomic mass is 16.6. The highest BCUT2D eigenvalue weighted by Gasteiger charge is 2.33. The lowest BCUT2D eigenvalue weighted by Gasteiger charge is -2.36. The quantitative estimate of drug-likeness (QED) is 0.268. The number of rotatable bonds is 11. The third kappa shape index (κ3) is 8.67. The van der Waals surface area contributed by atoms with Crippen molar-refractivity contribution in [3.63, 3.8) is 0 Å². The Morgan fingerprint density at radius 2 is 1.78 bits per heavy atom. The predicted octanol–water partition coefficient (Wildman–Crippen LogP) is 4.15. The number of nitrogens with one attached hydrogen (secondary N) is 3. The van der Waals surface area contributed by atoms with E-state index in [9.17, 15) is 14.4 Å². The van der Waals surface area contributed by atoms with Crippen molar-refractivity contribution in [3.05, 3.63) is 42.2 Å². The minimum atomic E-state index is -0.507. The van der Waals surface area contributed by atoms with Gasteiger partial charge in [0.25, 0.3) is 5.91 Å². The van der Waals surface area contributed by atoms with Crippen LogP contribution in [0.25, 0.3) is 11.2 Å². The van der Waals surface area contributed by atoms with E-state index in [1.54, 1.807) is 12.4 Å². The molecule has 13 nitrogen and oxygen atoms in total. The second-order valence-corrected chi connectivity index (χ2v) is 13.0. The summed E-state index contributed by atoms with van der Waals surface area (Å²) in [5.74, 6) is 0.740. The van der Waals surface area contributed by atoms with E-state index < -0.39 is 11.7 Å². The third-order valence-electron chi connectivity index (χ3n) is 8.25. The number of anilines is 1. The van der Waals surface area contributed by atoms with E-state index in [-0.39, 0.29) is 29.9 Å². The maximum Gasteiger partial charge on any atom is 0.407 e. The second kappa shape index (κ2) is 14.2. The molecule has 1 aliphatic heterocycles. The van der Waals surface area contributed by atoms with Crippen molar-refractivity contribution in [1.29, 1.82) is 0 Å². The number of nitrogens with zero attached hydrogens (tertiary/aromatic N) is 6. The monoisotopic (exact) mass is 619 g/mol. The van der Waals surface area contributed by atoms with Crippen molar-refractivity contribution in [3.8, 4) is 0 Å². The largest absolute Gasteiger partial charge is 0.444 e. The molecule has 0 atom stereocenters. The molecule has 0 radical (unpaired) electrons. The lowest BCUT2D eigenvalue weighted by atomic mass is 9.86. The van der Waals surface area contributed by atoms with Crippen LogP contribution in [0.15, 0.2) is 30.9 Å². The van der Waals surface area contributed by atoms with Crippen LogP contribution in [0.2, 0.25) is 0 Å². The van der Waals surface area contributed by atoms with Crippen LogP contribution in [0.1, 0.15) is 94.4 Å². The van der Waals surface area contributed by atoms with Crippen molar-refractivity contribution < 1.29 is 19.1 Å². The van der Waals surface area contributed by atoms with Gasteiger partial charge in [0.2, 0.25) is 5.91 Å². The van der Waals surface area contributed by atoms with Gasteiger partial charge in [-0.15, -0.1) is 0 Å². The van der Waals surface area contributed by atoms with Crippen LogP contribution in [-0.2, 0) is 9.53 Å². The first-order valence-corrected chi connectivity index (χ1v) is 16.0. The van der Waals surface area contributed by atoms with Crippen molar-refractivity contribution in [2.75, 3.05) is 25.0 Å². The van der Waals surface area contributed by atoms with Gasteiger partial charge in [0, 0.05) is 49.9 Å². The molecule has 3 amide bonds. The molecule has 2 fully saturated rings. The van der Waals surface area contributed by atoms with E-state index in [1.807, 2.05) is 51.1 Å². The number of fused-ring (bicyclic) bond motifs is 1. The van der Waals surface area contributed by atoms with E-state index in [0.29, 0.717) is 37.6 Å². The first-order chi connectivity index (χ1) is 21.6. The van der Waals surface area contributed by atoms with Gasteiger partial charge in [0.15, 0.2) is 11.5 Å². The summed E-state index contributed by atoms with van der Waals surface area (Å²) in [7, 11) is 0. The number of unbranched alkanes of at least 4 members (excludes halogenated alkanes) is 2. The number of aromatic nitrogens is 5. The van der Waals surface area contributed by atoms with Gasteiger partial charge in [-0.2, -0.15) is 0 Å². The summed E-state index contributed by atoms with van der Waals surface area (Å²) in [5.41, 5.74) is 2.25. The van der Waals surface area contributed by atoms with Crippen LogP contribution in [0, 0.1) is 6.92 Å². The molecule has 1 saturated carbocycles. The molecular weight excluding hydrogens is 574 g/mol. The maximum atomic E-state index is 12.8. The number of ether oxygens (including phenoxy) is 1. The second-order valence-electron chi connectivity index (χ2n) is 13.0. The van der Waals surface area contributed by atoms with Gasteiger partial charge < -0.3 is 30.2 Å². The molecule has 5 rings (SSSR count). The summed E-state index contributed by atoms with van der Waals surface area (Å²) in [6.07, 6.45) is 9.22.